The minimum atomic E-state index is -4.30. The van der Waals surface area contributed by atoms with Crippen molar-refractivity contribution in [2.75, 3.05) is 12.3 Å². The van der Waals surface area contributed by atoms with Crippen molar-refractivity contribution in [3.63, 3.8) is 0 Å². The molecule has 3 nitrogen and oxygen atoms in total. The van der Waals surface area contributed by atoms with Gasteiger partial charge in [-0.15, -0.1) is 3.89 Å². The first kappa shape index (κ1) is 9.92. The van der Waals surface area contributed by atoms with Crippen LogP contribution in [0.3, 0.4) is 0 Å². The van der Waals surface area contributed by atoms with Gasteiger partial charge in [0, 0.05) is 6.04 Å². The van der Waals surface area contributed by atoms with Gasteiger partial charge in [-0.05, 0) is 19.4 Å². The van der Waals surface area contributed by atoms with Gasteiger partial charge < -0.3 is 5.32 Å². The highest BCUT2D eigenvalue weighted by atomic mass is 32.3. The van der Waals surface area contributed by atoms with Gasteiger partial charge in [-0.1, -0.05) is 12.8 Å². The molecule has 12 heavy (non-hydrogen) atoms. The van der Waals surface area contributed by atoms with E-state index < -0.39 is 10.2 Å². The Morgan fingerprint density at radius 1 is 1.33 bits per heavy atom. The van der Waals surface area contributed by atoms with Crippen LogP contribution in [0.15, 0.2) is 0 Å². The smallest absolute Gasteiger partial charge is 0.303 e. The monoisotopic (exact) mass is 195 g/mol. The molecular weight excluding hydrogens is 181 g/mol. The Balaban J connectivity index is 2.40. The van der Waals surface area contributed by atoms with Gasteiger partial charge in [0.25, 0.3) is 0 Å². The van der Waals surface area contributed by atoms with Crippen LogP contribution in [0.1, 0.15) is 25.7 Å². The van der Waals surface area contributed by atoms with Gasteiger partial charge in [0.1, 0.15) is 0 Å². The number of nitrogens with one attached hydrogen (secondary N) is 1. The molecule has 1 unspecified atom stereocenters. The summed E-state index contributed by atoms with van der Waals surface area (Å²) in [5, 5.41) is 3.02. The molecule has 0 saturated carbocycles. The third kappa shape index (κ3) is 4.01. The summed E-state index contributed by atoms with van der Waals surface area (Å²) >= 11 is 0. The second-order valence-electron chi connectivity index (χ2n) is 3.21. The molecule has 1 rings (SSSR count). The van der Waals surface area contributed by atoms with Crippen LogP contribution in [0.25, 0.3) is 0 Å². The highest BCUT2D eigenvalue weighted by Gasteiger charge is 2.18. The largest absolute Gasteiger partial charge is 0.313 e. The lowest BCUT2D eigenvalue weighted by atomic mass is 10.1. The van der Waals surface area contributed by atoms with Crippen LogP contribution in [0, 0.1) is 0 Å². The molecule has 1 N–H and O–H groups in total. The van der Waals surface area contributed by atoms with Crippen LogP contribution in [-0.2, 0) is 10.2 Å². The van der Waals surface area contributed by atoms with Gasteiger partial charge in [-0.25, -0.2) is 0 Å². The number of hydrogen-bond donors (Lipinski definition) is 1. The summed E-state index contributed by atoms with van der Waals surface area (Å²) in [6.45, 7) is 0.806. The lowest BCUT2D eigenvalue weighted by Gasteiger charge is -2.11. The van der Waals surface area contributed by atoms with Crippen molar-refractivity contribution in [1.29, 1.82) is 0 Å². The van der Waals surface area contributed by atoms with Crippen molar-refractivity contribution in [2.24, 2.45) is 0 Å². The van der Waals surface area contributed by atoms with Crippen molar-refractivity contribution in [1.82, 2.24) is 5.32 Å². The van der Waals surface area contributed by atoms with E-state index in [0.29, 0.717) is 0 Å². The van der Waals surface area contributed by atoms with Gasteiger partial charge in [-0.2, -0.15) is 8.42 Å². The predicted molar refractivity (Wildman–Crippen MR) is 45.2 cm³/mol. The summed E-state index contributed by atoms with van der Waals surface area (Å²) in [5.41, 5.74) is 0. The quantitative estimate of drug-likeness (QED) is 0.663. The Hall–Kier alpha value is -0.160. The topological polar surface area (TPSA) is 46.2 Å². The molecule has 1 fully saturated rings. The maximum atomic E-state index is 12.2. The van der Waals surface area contributed by atoms with Crippen molar-refractivity contribution >= 4 is 10.2 Å². The van der Waals surface area contributed by atoms with E-state index >= 15 is 0 Å². The fourth-order valence-electron chi connectivity index (χ4n) is 1.48. The Morgan fingerprint density at radius 2 is 2.08 bits per heavy atom. The molecule has 0 aromatic carbocycles. The highest BCUT2D eigenvalue weighted by Crippen LogP contribution is 2.10. The van der Waals surface area contributed by atoms with Crippen LogP contribution >= 0.6 is 0 Å². The number of rotatable bonds is 2. The van der Waals surface area contributed by atoms with Gasteiger partial charge in [0.05, 0.1) is 5.75 Å². The summed E-state index contributed by atoms with van der Waals surface area (Å²) in [7, 11) is -4.30. The van der Waals surface area contributed by atoms with E-state index in [-0.39, 0.29) is 11.8 Å². The van der Waals surface area contributed by atoms with Gasteiger partial charge in [0.15, 0.2) is 0 Å². The molecule has 0 aromatic heterocycles. The highest BCUT2D eigenvalue weighted by molar-refractivity contribution is 7.86. The Kier molecular flexibility index (Phi) is 3.46. The lowest BCUT2D eigenvalue weighted by molar-refractivity contribution is 0.509. The normalized spacial score (nSPS) is 26.6. The van der Waals surface area contributed by atoms with Crippen molar-refractivity contribution in [2.45, 2.75) is 31.7 Å². The fourth-order valence-corrected chi connectivity index (χ4v) is 2.25. The summed E-state index contributed by atoms with van der Waals surface area (Å²) < 4.78 is 32.8. The summed E-state index contributed by atoms with van der Waals surface area (Å²) in [6.07, 6.45) is 3.93. The van der Waals surface area contributed by atoms with E-state index in [1.54, 1.807) is 0 Å². The molecule has 0 bridgehead atoms. The SMILES string of the molecule is O=S(=O)(F)CC1CCCCCN1. The Morgan fingerprint density at radius 3 is 2.75 bits per heavy atom. The molecule has 1 atom stereocenters. The molecule has 0 aliphatic carbocycles. The molecule has 1 saturated heterocycles. The third-order valence-electron chi connectivity index (χ3n) is 2.06. The molecule has 0 spiro atoms. The third-order valence-corrected chi connectivity index (χ3v) is 2.86. The predicted octanol–water partition coefficient (Wildman–Crippen LogP) is 0.818. The first-order valence-electron chi connectivity index (χ1n) is 4.24. The lowest BCUT2D eigenvalue weighted by Crippen LogP contribution is -2.33. The standard InChI is InChI=1S/C7H14FNO2S/c8-12(10,11)6-7-4-2-1-3-5-9-7/h7,9H,1-6H2. The van der Waals surface area contributed by atoms with Crippen LogP contribution in [0.2, 0.25) is 0 Å². The molecule has 1 aliphatic rings. The Labute approximate surface area is 72.6 Å². The van der Waals surface area contributed by atoms with Gasteiger partial charge in [0.2, 0.25) is 0 Å². The van der Waals surface area contributed by atoms with Crippen LogP contribution < -0.4 is 5.32 Å². The molecule has 0 amide bonds. The van der Waals surface area contributed by atoms with Crippen molar-refractivity contribution < 1.29 is 12.3 Å². The first-order valence-corrected chi connectivity index (χ1v) is 5.79. The van der Waals surface area contributed by atoms with Crippen LogP contribution in [-0.4, -0.2) is 26.8 Å². The molecule has 72 valence electrons. The van der Waals surface area contributed by atoms with Gasteiger partial charge >= 0.3 is 10.2 Å². The summed E-state index contributed by atoms with van der Waals surface area (Å²) in [4.78, 5) is 0. The van der Waals surface area contributed by atoms with Crippen molar-refractivity contribution in [3.8, 4) is 0 Å². The van der Waals surface area contributed by atoms with Gasteiger partial charge in [-0.3, -0.25) is 0 Å². The molecule has 0 radical (unpaired) electrons. The number of hydrogen-bond acceptors (Lipinski definition) is 3. The zero-order chi connectivity index (χ0) is 9.03. The molecule has 1 aliphatic heterocycles. The van der Waals surface area contributed by atoms with E-state index in [0.717, 1.165) is 32.2 Å². The average molecular weight is 195 g/mol. The van der Waals surface area contributed by atoms with Crippen LogP contribution in [0.4, 0.5) is 3.89 Å². The second-order valence-corrected chi connectivity index (χ2v) is 4.62. The minimum Gasteiger partial charge on any atom is -0.313 e. The molecule has 0 aromatic rings. The van der Waals surface area contributed by atoms with E-state index in [1.807, 2.05) is 0 Å². The fraction of sp³-hybridized carbons (Fsp3) is 1.00. The first-order chi connectivity index (χ1) is 5.58. The molecular formula is C7H14FNO2S. The van der Waals surface area contributed by atoms with E-state index in [1.165, 1.54) is 0 Å². The van der Waals surface area contributed by atoms with Crippen LogP contribution in [0.5, 0.6) is 0 Å². The summed E-state index contributed by atoms with van der Waals surface area (Å²) in [5.74, 6) is -0.368. The van der Waals surface area contributed by atoms with E-state index in [2.05, 4.69) is 5.32 Å². The van der Waals surface area contributed by atoms with E-state index in [4.69, 9.17) is 0 Å². The Bertz CT molecular complexity index is 220. The average Bonchev–Trinajstić information content (AvgIpc) is 2.12. The summed E-state index contributed by atoms with van der Waals surface area (Å²) in [6, 6.07) is -0.178. The zero-order valence-corrected chi connectivity index (χ0v) is 7.74. The minimum absolute atomic E-state index is 0.178. The number of halogens is 1. The maximum Gasteiger partial charge on any atom is 0.303 e. The zero-order valence-electron chi connectivity index (χ0n) is 6.92. The second kappa shape index (κ2) is 4.18. The maximum absolute atomic E-state index is 12.2. The van der Waals surface area contributed by atoms with Crippen molar-refractivity contribution in [3.05, 3.63) is 0 Å². The van der Waals surface area contributed by atoms with E-state index in [9.17, 15) is 12.3 Å². The molecule has 5 heteroatoms. The molecule has 1 heterocycles.